The van der Waals surface area contributed by atoms with E-state index in [0.29, 0.717) is 36.8 Å². The average molecular weight is 497 g/mol. The quantitative estimate of drug-likeness (QED) is 0.604. The molecule has 1 aliphatic heterocycles. The minimum absolute atomic E-state index is 0.0274. The van der Waals surface area contributed by atoms with Gasteiger partial charge in [-0.25, -0.2) is 9.18 Å². The Hall–Kier alpha value is -2.66. The molecule has 5 rings (SSSR count). The van der Waals surface area contributed by atoms with E-state index in [1.807, 2.05) is 23.1 Å². The van der Waals surface area contributed by atoms with Gasteiger partial charge in [0.25, 0.3) is 0 Å². The Morgan fingerprint density at radius 2 is 2.17 bits per heavy atom. The maximum atomic E-state index is 13.6. The molecule has 1 saturated heterocycles. The van der Waals surface area contributed by atoms with Gasteiger partial charge in [0.05, 0.1) is 22.8 Å². The highest BCUT2D eigenvalue weighted by Gasteiger charge is 2.58. The molecule has 0 aromatic heterocycles. The number of benzene rings is 2. The number of carbonyl (C=O) groups excluding carboxylic acids is 1. The predicted octanol–water partition coefficient (Wildman–Crippen LogP) is 4.76. The molecule has 2 N–H and O–H groups in total. The number of rotatable bonds is 6. The smallest absolute Gasteiger partial charge is 0.322 e. The van der Waals surface area contributed by atoms with Crippen LogP contribution in [0.25, 0.3) is 0 Å². The number of β-amino-alcohol motifs (C(OH)–C–C–N with tert-alkyl or cyclic N) is 1. The van der Waals surface area contributed by atoms with Crippen LogP contribution in [0.1, 0.15) is 43.2 Å². The second-order valence-corrected chi connectivity index (χ2v) is 10.6. The van der Waals surface area contributed by atoms with Gasteiger partial charge in [-0.05, 0) is 79.3 Å². The van der Waals surface area contributed by atoms with Crippen LogP contribution in [-0.4, -0.2) is 59.3 Å². The van der Waals surface area contributed by atoms with E-state index in [-0.39, 0.29) is 28.6 Å². The third-order valence-electron chi connectivity index (χ3n) is 8.06. The normalized spacial score (nSPS) is 27.7. The van der Waals surface area contributed by atoms with E-state index in [1.165, 1.54) is 23.8 Å². The summed E-state index contributed by atoms with van der Waals surface area (Å²) in [6.45, 7) is 2.72. The van der Waals surface area contributed by atoms with E-state index in [4.69, 9.17) is 11.6 Å². The van der Waals surface area contributed by atoms with Crippen molar-refractivity contribution in [3.05, 3.63) is 64.4 Å². The molecule has 2 aromatic rings. The van der Waals surface area contributed by atoms with Crippen molar-refractivity contribution in [2.24, 2.45) is 5.92 Å². The number of carbonyl (C=O) groups is 1. The number of urea groups is 1. The van der Waals surface area contributed by atoms with Crippen LogP contribution in [0.4, 0.5) is 14.9 Å². The number of halogens is 2. The first-order chi connectivity index (χ1) is 16.9. The number of nitrogens with zero attached hydrogens (tertiary/aromatic N) is 3. The number of amides is 2. The third kappa shape index (κ3) is 5.02. The summed E-state index contributed by atoms with van der Waals surface area (Å²) in [7, 11) is 0. The van der Waals surface area contributed by atoms with Crippen molar-refractivity contribution in [3.8, 4) is 6.07 Å². The van der Waals surface area contributed by atoms with E-state index in [1.54, 1.807) is 0 Å². The molecule has 0 bridgehead atoms. The van der Waals surface area contributed by atoms with Gasteiger partial charge in [-0.15, -0.1) is 0 Å². The van der Waals surface area contributed by atoms with E-state index in [2.05, 4.69) is 22.4 Å². The van der Waals surface area contributed by atoms with Crippen LogP contribution in [0, 0.1) is 23.1 Å². The fraction of sp³-hybridized carbons (Fsp3) is 0.481. The number of hydrogen-bond acceptors (Lipinski definition) is 4. The average Bonchev–Trinajstić information content (AvgIpc) is 3.46. The highest BCUT2D eigenvalue weighted by atomic mass is 35.5. The Morgan fingerprint density at radius 3 is 2.89 bits per heavy atom. The van der Waals surface area contributed by atoms with Crippen LogP contribution in [0.3, 0.4) is 0 Å². The molecule has 1 heterocycles. The summed E-state index contributed by atoms with van der Waals surface area (Å²) in [5.74, 6) is -0.0358. The number of nitrogens with one attached hydrogen (secondary N) is 1. The molecular weight excluding hydrogens is 467 g/mol. The molecule has 1 unspecified atom stereocenters. The zero-order chi connectivity index (χ0) is 24.6. The van der Waals surface area contributed by atoms with Crippen molar-refractivity contribution >= 4 is 23.3 Å². The SMILES string of the molecule is N#Cc1cccc([C@@]23CC[C@@H](N(CCN4CC[C@H](O)C4)C(=O)Nc4ccc(F)c(Cl)c4)CC2C3)c1. The van der Waals surface area contributed by atoms with Crippen LogP contribution < -0.4 is 5.32 Å². The van der Waals surface area contributed by atoms with Gasteiger partial charge in [0.2, 0.25) is 0 Å². The van der Waals surface area contributed by atoms with Gasteiger partial charge in [-0.3, -0.25) is 4.90 Å². The Labute approximate surface area is 210 Å². The van der Waals surface area contributed by atoms with Gasteiger partial charge >= 0.3 is 6.03 Å². The van der Waals surface area contributed by atoms with E-state index >= 15 is 0 Å². The minimum atomic E-state index is -0.521. The van der Waals surface area contributed by atoms with Crippen molar-refractivity contribution in [2.75, 3.05) is 31.5 Å². The summed E-state index contributed by atoms with van der Waals surface area (Å²) in [6.07, 6.45) is 4.32. The zero-order valence-corrected chi connectivity index (χ0v) is 20.3. The summed E-state index contributed by atoms with van der Waals surface area (Å²) >= 11 is 5.92. The van der Waals surface area contributed by atoms with E-state index in [0.717, 1.165) is 38.6 Å². The summed E-state index contributed by atoms with van der Waals surface area (Å²) in [5.41, 5.74) is 2.52. The number of likely N-dealkylation sites (tertiary alicyclic amines) is 1. The first-order valence-electron chi connectivity index (χ1n) is 12.3. The van der Waals surface area contributed by atoms with Crippen molar-refractivity contribution in [2.45, 2.75) is 49.7 Å². The van der Waals surface area contributed by atoms with Crippen LogP contribution in [0.5, 0.6) is 0 Å². The summed E-state index contributed by atoms with van der Waals surface area (Å²) < 4.78 is 13.6. The number of anilines is 1. The molecule has 3 aliphatic rings. The fourth-order valence-electron chi connectivity index (χ4n) is 6.03. The molecule has 2 aliphatic carbocycles. The molecule has 6 nitrogen and oxygen atoms in total. The monoisotopic (exact) mass is 496 g/mol. The minimum Gasteiger partial charge on any atom is -0.392 e. The molecule has 3 fully saturated rings. The first-order valence-corrected chi connectivity index (χ1v) is 12.7. The number of nitriles is 1. The Balaban J connectivity index is 1.29. The molecular formula is C27H30ClFN4O2. The molecule has 2 aromatic carbocycles. The maximum Gasteiger partial charge on any atom is 0.322 e. The molecule has 0 radical (unpaired) electrons. The number of fused-ring (bicyclic) bond motifs is 1. The third-order valence-corrected chi connectivity index (χ3v) is 8.35. The van der Waals surface area contributed by atoms with Crippen molar-refractivity contribution < 1.29 is 14.3 Å². The molecule has 0 spiro atoms. The lowest BCUT2D eigenvalue weighted by molar-refractivity contribution is 0.142. The maximum absolute atomic E-state index is 13.6. The van der Waals surface area contributed by atoms with E-state index < -0.39 is 5.82 Å². The second-order valence-electron chi connectivity index (χ2n) is 10.2. The van der Waals surface area contributed by atoms with Gasteiger partial charge in [0.1, 0.15) is 5.82 Å². The largest absolute Gasteiger partial charge is 0.392 e. The van der Waals surface area contributed by atoms with Crippen molar-refractivity contribution in [3.63, 3.8) is 0 Å². The van der Waals surface area contributed by atoms with Gasteiger partial charge in [0, 0.05) is 37.9 Å². The van der Waals surface area contributed by atoms with Crippen LogP contribution in [0.2, 0.25) is 5.02 Å². The summed E-state index contributed by atoms with van der Waals surface area (Å²) in [4.78, 5) is 17.5. The first kappa shape index (κ1) is 24.1. The lowest BCUT2D eigenvalue weighted by Crippen LogP contribution is -2.48. The fourth-order valence-corrected chi connectivity index (χ4v) is 6.21. The highest BCUT2D eigenvalue weighted by Crippen LogP contribution is 2.62. The molecule has 2 amide bonds. The van der Waals surface area contributed by atoms with Gasteiger partial charge in [0.15, 0.2) is 0 Å². The summed E-state index contributed by atoms with van der Waals surface area (Å²) in [5, 5.41) is 22.1. The van der Waals surface area contributed by atoms with Gasteiger partial charge < -0.3 is 15.3 Å². The summed E-state index contributed by atoms with van der Waals surface area (Å²) in [6, 6.07) is 14.3. The predicted molar refractivity (Wildman–Crippen MR) is 133 cm³/mol. The lowest BCUT2D eigenvalue weighted by atomic mass is 9.80. The Bertz CT molecular complexity index is 1150. The van der Waals surface area contributed by atoms with E-state index in [9.17, 15) is 19.6 Å². The van der Waals surface area contributed by atoms with Crippen LogP contribution >= 0.6 is 11.6 Å². The topological polar surface area (TPSA) is 79.6 Å². The molecule has 184 valence electrons. The Morgan fingerprint density at radius 1 is 1.31 bits per heavy atom. The number of aliphatic hydroxyl groups is 1. The lowest BCUT2D eigenvalue weighted by Gasteiger charge is -2.37. The molecule has 8 heteroatoms. The molecule has 2 saturated carbocycles. The van der Waals surface area contributed by atoms with Gasteiger partial charge in [-0.2, -0.15) is 5.26 Å². The zero-order valence-electron chi connectivity index (χ0n) is 19.6. The van der Waals surface area contributed by atoms with Crippen molar-refractivity contribution in [1.29, 1.82) is 5.26 Å². The number of aliphatic hydroxyl groups excluding tert-OH is 1. The van der Waals surface area contributed by atoms with Gasteiger partial charge in [-0.1, -0.05) is 23.7 Å². The Kier molecular flexibility index (Phi) is 6.71. The number of hydrogen-bond donors (Lipinski definition) is 2. The second kappa shape index (κ2) is 9.77. The molecule has 4 atom stereocenters. The van der Waals surface area contributed by atoms with Crippen LogP contribution in [0.15, 0.2) is 42.5 Å². The standard InChI is InChI=1S/C27H30ClFN4O2/c28-24-14-21(4-5-25(24)29)31-26(35)33(11-10-32-9-7-23(34)17-32)22-6-8-27(15-20(27)13-22)19-3-1-2-18(12-19)16-30/h1-5,12,14,20,22-23,34H,6-11,13,15,17H2,(H,31,35)/t20?,22-,23+,27+/m1/s1. The highest BCUT2D eigenvalue weighted by molar-refractivity contribution is 6.31. The van der Waals surface area contributed by atoms with Crippen molar-refractivity contribution in [1.82, 2.24) is 9.80 Å². The van der Waals surface area contributed by atoms with Crippen LogP contribution in [-0.2, 0) is 5.41 Å². The molecule has 35 heavy (non-hydrogen) atoms.